The number of nitrogens with zero attached hydrogens (tertiary/aromatic N) is 3. The molecular formula is C18H18ClN5O3S. The zero-order chi connectivity index (χ0) is 19.0. The second kappa shape index (κ2) is 7.77. The molecule has 28 heavy (non-hydrogen) atoms. The third-order valence-corrected chi connectivity index (χ3v) is 6.50. The van der Waals surface area contributed by atoms with Gasteiger partial charge in [0.15, 0.2) is 5.88 Å². The Kier molecular flexibility index (Phi) is 5.58. The molecule has 1 fully saturated rings. The van der Waals surface area contributed by atoms with Crippen molar-refractivity contribution in [3.8, 4) is 23.2 Å². The van der Waals surface area contributed by atoms with Gasteiger partial charge in [0.25, 0.3) is 0 Å². The predicted molar refractivity (Wildman–Crippen MR) is 107 cm³/mol. The summed E-state index contributed by atoms with van der Waals surface area (Å²) in [5, 5.41) is 23.1. The molecule has 0 atom stereocenters. The lowest BCUT2D eigenvalue weighted by Crippen LogP contribution is -2.46. The van der Waals surface area contributed by atoms with E-state index in [1.54, 1.807) is 24.3 Å². The summed E-state index contributed by atoms with van der Waals surface area (Å²) >= 11 is 0. The number of halogens is 1. The van der Waals surface area contributed by atoms with Crippen LogP contribution >= 0.6 is 12.4 Å². The molecule has 3 aromatic rings. The fourth-order valence-electron chi connectivity index (χ4n) is 3.23. The first kappa shape index (κ1) is 20.1. The molecule has 146 valence electrons. The van der Waals surface area contributed by atoms with Crippen LogP contribution in [0.3, 0.4) is 0 Å². The minimum Gasteiger partial charge on any atom is -0.494 e. The molecule has 0 saturated carbocycles. The Balaban J connectivity index is 0.00000225. The quantitative estimate of drug-likeness (QED) is 0.595. The molecule has 1 aliphatic heterocycles. The lowest BCUT2D eigenvalue weighted by Gasteiger charge is -2.26. The van der Waals surface area contributed by atoms with Gasteiger partial charge in [-0.05, 0) is 24.3 Å². The number of hydrogen-bond donors (Lipinski definition) is 3. The zero-order valence-corrected chi connectivity index (χ0v) is 16.3. The number of piperazine rings is 1. The maximum absolute atomic E-state index is 12.7. The molecule has 0 spiro atoms. The highest BCUT2D eigenvalue weighted by atomic mass is 35.5. The molecule has 3 N–H and O–H groups in total. The van der Waals surface area contributed by atoms with E-state index in [2.05, 4.69) is 15.3 Å². The molecule has 1 aliphatic rings. The molecular weight excluding hydrogens is 402 g/mol. The van der Waals surface area contributed by atoms with Crippen molar-refractivity contribution >= 4 is 33.3 Å². The van der Waals surface area contributed by atoms with Gasteiger partial charge in [0, 0.05) is 37.8 Å². The maximum Gasteiger partial charge on any atom is 0.244 e. The summed E-state index contributed by atoms with van der Waals surface area (Å²) in [6, 6.07) is 10.2. The van der Waals surface area contributed by atoms with Crippen LogP contribution in [0.25, 0.3) is 22.2 Å². The Morgan fingerprint density at radius 2 is 1.93 bits per heavy atom. The molecule has 3 heterocycles. The highest BCUT2D eigenvalue weighted by Crippen LogP contribution is 2.36. The van der Waals surface area contributed by atoms with E-state index in [-0.39, 0.29) is 23.2 Å². The summed E-state index contributed by atoms with van der Waals surface area (Å²) < 4.78 is 26.9. The summed E-state index contributed by atoms with van der Waals surface area (Å²) in [6.45, 7) is 2.10. The van der Waals surface area contributed by atoms with Crippen molar-refractivity contribution in [3.05, 3.63) is 42.1 Å². The van der Waals surface area contributed by atoms with Gasteiger partial charge in [0.1, 0.15) is 4.90 Å². The monoisotopic (exact) mass is 419 g/mol. The Morgan fingerprint density at radius 3 is 2.57 bits per heavy atom. The number of benzene rings is 1. The first-order chi connectivity index (χ1) is 13.0. The normalized spacial score (nSPS) is 15.1. The van der Waals surface area contributed by atoms with E-state index >= 15 is 0 Å². The lowest BCUT2D eigenvalue weighted by molar-refractivity contribution is 0.360. The Bertz CT molecular complexity index is 1150. The fraction of sp³-hybridized carbons (Fsp3) is 0.222. The Labute approximate surface area is 168 Å². The van der Waals surface area contributed by atoms with Crippen molar-refractivity contribution < 1.29 is 13.5 Å². The molecule has 1 saturated heterocycles. The molecule has 4 rings (SSSR count). The summed E-state index contributed by atoms with van der Waals surface area (Å²) in [7, 11) is -3.58. The average molecular weight is 420 g/mol. The van der Waals surface area contributed by atoms with Gasteiger partial charge in [-0.25, -0.2) is 8.42 Å². The van der Waals surface area contributed by atoms with Crippen molar-refractivity contribution in [1.29, 1.82) is 5.26 Å². The molecule has 1 aromatic carbocycles. The third kappa shape index (κ3) is 3.43. The first-order valence-electron chi connectivity index (χ1n) is 8.43. The molecule has 0 aliphatic carbocycles. The van der Waals surface area contributed by atoms with E-state index in [0.717, 1.165) is 0 Å². The minimum absolute atomic E-state index is 0. The van der Waals surface area contributed by atoms with E-state index in [1.807, 2.05) is 6.07 Å². The van der Waals surface area contributed by atoms with Gasteiger partial charge in [0.2, 0.25) is 10.0 Å². The Hall–Kier alpha value is -2.64. The van der Waals surface area contributed by atoms with E-state index in [4.69, 9.17) is 5.26 Å². The average Bonchev–Trinajstić information content (AvgIpc) is 3.03. The number of aromatic hydroxyl groups is 1. The van der Waals surface area contributed by atoms with Gasteiger partial charge in [-0.1, -0.05) is 6.07 Å². The second-order valence-electron chi connectivity index (χ2n) is 6.25. The van der Waals surface area contributed by atoms with Crippen molar-refractivity contribution in [3.63, 3.8) is 0 Å². The van der Waals surface area contributed by atoms with Crippen molar-refractivity contribution in [2.75, 3.05) is 26.2 Å². The molecule has 2 aromatic heterocycles. The first-order valence-corrected chi connectivity index (χ1v) is 9.87. The largest absolute Gasteiger partial charge is 0.494 e. The standard InChI is InChI=1S/C18H17N5O3S.ClH/c19-10-12-1-3-14-16(9-12)22-18(24)17(14)15-4-2-13(11-21-15)27(25,26)23-7-5-20-6-8-23;/h1-4,9,11,20,22,24H,5-8H2;1H. The number of hydrogen-bond acceptors (Lipinski definition) is 6. The topological polar surface area (TPSA) is 122 Å². The van der Waals surface area contributed by atoms with Crippen LogP contribution in [0.15, 0.2) is 41.4 Å². The smallest absolute Gasteiger partial charge is 0.244 e. The van der Waals surface area contributed by atoms with Gasteiger partial charge in [-0.3, -0.25) is 4.98 Å². The van der Waals surface area contributed by atoms with Crippen LogP contribution in [0.1, 0.15) is 5.56 Å². The molecule has 8 nitrogen and oxygen atoms in total. The van der Waals surface area contributed by atoms with Crippen LogP contribution in [0, 0.1) is 11.3 Å². The molecule has 10 heteroatoms. The number of fused-ring (bicyclic) bond motifs is 1. The summed E-state index contributed by atoms with van der Waals surface area (Å²) in [5.41, 5.74) is 2.00. The Morgan fingerprint density at radius 1 is 1.18 bits per heavy atom. The van der Waals surface area contributed by atoms with Crippen LogP contribution in [0.5, 0.6) is 5.88 Å². The zero-order valence-electron chi connectivity index (χ0n) is 14.7. The number of aromatic nitrogens is 2. The predicted octanol–water partition coefficient (Wildman–Crippen LogP) is 1.82. The summed E-state index contributed by atoms with van der Waals surface area (Å²) in [6.07, 6.45) is 1.31. The second-order valence-corrected chi connectivity index (χ2v) is 8.19. The van der Waals surface area contributed by atoms with Gasteiger partial charge in [-0.15, -0.1) is 12.4 Å². The fourth-order valence-corrected chi connectivity index (χ4v) is 4.61. The van der Waals surface area contributed by atoms with Crippen molar-refractivity contribution in [2.24, 2.45) is 0 Å². The summed E-state index contributed by atoms with van der Waals surface area (Å²) in [5.74, 6) is -0.0784. The van der Waals surface area contributed by atoms with Crippen LogP contribution in [-0.2, 0) is 10.0 Å². The number of H-pyrrole nitrogens is 1. The molecule has 0 radical (unpaired) electrons. The number of nitrogens with one attached hydrogen (secondary N) is 2. The van der Waals surface area contributed by atoms with E-state index in [1.165, 1.54) is 16.6 Å². The van der Waals surface area contributed by atoms with Gasteiger partial charge < -0.3 is 15.4 Å². The van der Waals surface area contributed by atoms with Crippen LogP contribution in [0.4, 0.5) is 0 Å². The molecule has 0 unspecified atom stereocenters. The number of aromatic amines is 1. The van der Waals surface area contributed by atoms with Crippen LogP contribution < -0.4 is 5.32 Å². The van der Waals surface area contributed by atoms with Gasteiger partial charge in [0.05, 0.1) is 28.4 Å². The van der Waals surface area contributed by atoms with Crippen molar-refractivity contribution in [1.82, 2.24) is 19.6 Å². The van der Waals surface area contributed by atoms with E-state index < -0.39 is 10.0 Å². The maximum atomic E-state index is 12.7. The number of rotatable bonds is 3. The SMILES string of the molecule is Cl.N#Cc1ccc2c(-c3ccc(S(=O)(=O)N4CCNCC4)cn3)c(O)[nH]c2c1. The highest BCUT2D eigenvalue weighted by Gasteiger charge is 2.26. The highest BCUT2D eigenvalue weighted by molar-refractivity contribution is 7.89. The number of sulfonamides is 1. The number of nitriles is 1. The van der Waals surface area contributed by atoms with Gasteiger partial charge >= 0.3 is 0 Å². The van der Waals surface area contributed by atoms with E-state index in [0.29, 0.717) is 53.9 Å². The number of pyridine rings is 1. The summed E-state index contributed by atoms with van der Waals surface area (Å²) in [4.78, 5) is 7.22. The molecule has 0 bridgehead atoms. The molecule has 0 amide bonds. The van der Waals surface area contributed by atoms with Gasteiger partial charge in [-0.2, -0.15) is 9.57 Å². The van der Waals surface area contributed by atoms with Crippen LogP contribution in [-0.4, -0.2) is 54.0 Å². The van der Waals surface area contributed by atoms with Crippen molar-refractivity contribution in [2.45, 2.75) is 4.90 Å². The minimum atomic E-state index is -3.58. The lowest BCUT2D eigenvalue weighted by atomic mass is 10.1. The third-order valence-electron chi connectivity index (χ3n) is 4.61. The van der Waals surface area contributed by atoms with E-state index in [9.17, 15) is 13.5 Å². The van der Waals surface area contributed by atoms with Crippen LogP contribution in [0.2, 0.25) is 0 Å².